The number of hydrogen-bond acceptors (Lipinski definition) is 3. The van der Waals surface area contributed by atoms with E-state index in [0.717, 1.165) is 0 Å². The summed E-state index contributed by atoms with van der Waals surface area (Å²) in [5, 5.41) is 0. The van der Waals surface area contributed by atoms with E-state index in [2.05, 4.69) is 25.9 Å². The van der Waals surface area contributed by atoms with Crippen LogP contribution in [-0.2, 0) is 0 Å². The summed E-state index contributed by atoms with van der Waals surface area (Å²) in [6.45, 7) is 0. The molecule has 0 aliphatic heterocycles. The summed E-state index contributed by atoms with van der Waals surface area (Å²) in [5.74, 6) is -0.642. The van der Waals surface area contributed by atoms with Gasteiger partial charge >= 0.3 is 0 Å². The van der Waals surface area contributed by atoms with Crippen molar-refractivity contribution < 1.29 is 8.78 Å². The molecule has 0 saturated carbocycles. The molecule has 4 nitrogen and oxygen atoms in total. The smallest absolute Gasteiger partial charge is 0.295 e. The van der Waals surface area contributed by atoms with E-state index in [4.69, 9.17) is 0 Å². The van der Waals surface area contributed by atoms with Crippen molar-refractivity contribution in [3.05, 3.63) is 32.9 Å². The van der Waals surface area contributed by atoms with E-state index in [1.165, 1.54) is 12.1 Å². The molecule has 0 aliphatic carbocycles. The lowest BCUT2D eigenvalue weighted by molar-refractivity contribution is 0.140. The number of nitrogens with one attached hydrogen (secondary N) is 1. The number of hydrogen-bond donors (Lipinski definition) is 1. The fraction of sp³-hybridized carbons (Fsp3) is 0.125. The third-order valence-corrected chi connectivity index (χ3v) is 2.19. The van der Waals surface area contributed by atoms with Crippen molar-refractivity contribution in [2.75, 3.05) is 0 Å². The maximum atomic E-state index is 12.3. The molecule has 1 N–H and O–H groups in total. The molecule has 2 heterocycles. The second-order valence-electron chi connectivity index (χ2n) is 2.75. The quantitative estimate of drug-likeness (QED) is 0.810. The molecule has 0 aliphatic rings. The van der Waals surface area contributed by atoms with E-state index in [1.54, 1.807) is 0 Å². The normalized spacial score (nSPS) is 11.2. The Morgan fingerprint density at radius 3 is 2.73 bits per heavy atom. The zero-order valence-corrected chi connectivity index (χ0v) is 8.75. The van der Waals surface area contributed by atoms with Crippen LogP contribution in [0.3, 0.4) is 0 Å². The number of H-pyrrole nitrogens is 1. The number of rotatable bonds is 1. The molecule has 2 rings (SSSR count). The molecule has 0 amide bonds. The average molecular weight is 276 g/mol. The van der Waals surface area contributed by atoms with Gasteiger partial charge < -0.3 is 4.98 Å². The maximum Gasteiger partial charge on any atom is 0.295 e. The molecular formula is C8H4BrF2N3O. The summed E-state index contributed by atoms with van der Waals surface area (Å²) < 4.78 is 25.0. The third kappa shape index (κ3) is 1.87. The summed E-state index contributed by atoms with van der Waals surface area (Å²) in [6, 6.07) is 2.98. The first-order chi connectivity index (χ1) is 7.08. The first-order valence-corrected chi connectivity index (χ1v) is 4.72. The van der Waals surface area contributed by atoms with Gasteiger partial charge in [-0.15, -0.1) is 0 Å². The van der Waals surface area contributed by atoms with Crippen LogP contribution in [0.5, 0.6) is 0 Å². The molecule has 7 heteroatoms. The first-order valence-electron chi connectivity index (χ1n) is 3.92. The lowest BCUT2D eigenvalue weighted by atomic mass is 10.3. The molecule has 0 atom stereocenters. The van der Waals surface area contributed by atoms with Crippen LogP contribution in [0.15, 0.2) is 21.5 Å². The SMILES string of the molecule is O=c1[nH]c(C(F)F)nc2ccc(Br)nc12. The fourth-order valence-corrected chi connectivity index (χ4v) is 1.43. The Morgan fingerprint density at radius 1 is 1.33 bits per heavy atom. The summed E-state index contributed by atoms with van der Waals surface area (Å²) in [6.07, 6.45) is -2.80. The van der Waals surface area contributed by atoms with Crippen LogP contribution in [0.2, 0.25) is 0 Å². The Labute approximate surface area is 90.5 Å². The Balaban J connectivity index is 2.79. The van der Waals surface area contributed by atoms with E-state index < -0.39 is 17.8 Å². The number of pyridine rings is 1. The molecule has 0 fully saturated rings. The lowest BCUT2D eigenvalue weighted by Crippen LogP contribution is -2.13. The van der Waals surface area contributed by atoms with Crippen LogP contribution in [0.25, 0.3) is 11.0 Å². The van der Waals surface area contributed by atoms with Gasteiger partial charge in [0.1, 0.15) is 4.60 Å². The van der Waals surface area contributed by atoms with Crippen molar-refractivity contribution >= 4 is 27.0 Å². The number of halogens is 3. The van der Waals surface area contributed by atoms with Crippen LogP contribution in [-0.4, -0.2) is 15.0 Å². The van der Waals surface area contributed by atoms with Gasteiger partial charge in [0.25, 0.3) is 12.0 Å². The van der Waals surface area contributed by atoms with Crippen molar-refractivity contribution in [2.24, 2.45) is 0 Å². The van der Waals surface area contributed by atoms with Gasteiger partial charge in [0, 0.05) is 0 Å². The van der Waals surface area contributed by atoms with Crippen molar-refractivity contribution in [1.82, 2.24) is 15.0 Å². The van der Waals surface area contributed by atoms with Crippen LogP contribution in [0, 0.1) is 0 Å². The second-order valence-corrected chi connectivity index (χ2v) is 3.57. The minimum Gasteiger partial charge on any atom is -0.304 e. The van der Waals surface area contributed by atoms with E-state index in [9.17, 15) is 13.6 Å². The Kier molecular flexibility index (Phi) is 2.47. The highest BCUT2D eigenvalue weighted by atomic mass is 79.9. The molecule has 0 radical (unpaired) electrons. The monoisotopic (exact) mass is 275 g/mol. The Bertz CT molecular complexity index is 569. The number of aromatic amines is 1. The molecular weight excluding hydrogens is 272 g/mol. The highest BCUT2D eigenvalue weighted by Gasteiger charge is 2.12. The van der Waals surface area contributed by atoms with Gasteiger partial charge in [-0.05, 0) is 28.1 Å². The molecule has 78 valence electrons. The summed E-state index contributed by atoms with van der Waals surface area (Å²) in [5.41, 5.74) is -0.484. The molecule has 0 spiro atoms. The number of alkyl halides is 2. The van der Waals surface area contributed by atoms with Crippen LogP contribution in [0.1, 0.15) is 12.2 Å². The standard InChI is InChI=1S/C8H4BrF2N3O/c9-4-2-1-3-5(13-4)8(15)14-7(12-3)6(10)11/h1-2,6H,(H,12,14,15). The second kappa shape index (κ2) is 3.65. The first kappa shape index (κ1) is 10.2. The van der Waals surface area contributed by atoms with Crippen molar-refractivity contribution in [3.63, 3.8) is 0 Å². The molecule has 0 bridgehead atoms. The van der Waals surface area contributed by atoms with Gasteiger partial charge in [-0.1, -0.05) is 0 Å². The van der Waals surface area contributed by atoms with Gasteiger partial charge in [-0.3, -0.25) is 4.79 Å². The Morgan fingerprint density at radius 2 is 2.07 bits per heavy atom. The highest BCUT2D eigenvalue weighted by molar-refractivity contribution is 9.10. The summed E-state index contributed by atoms with van der Waals surface area (Å²) in [4.78, 5) is 20.7. The number of aromatic nitrogens is 3. The fourth-order valence-electron chi connectivity index (χ4n) is 1.12. The van der Waals surface area contributed by atoms with Crippen LogP contribution >= 0.6 is 15.9 Å². The molecule has 2 aromatic rings. The minimum atomic E-state index is -2.80. The molecule has 0 saturated heterocycles. The molecule has 0 aromatic carbocycles. The van der Waals surface area contributed by atoms with Gasteiger partial charge in [0.2, 0.25) is 0 Å². The number of nitrogens with zero attached hydrogens (tertiary/aromatic N) is 2. The zero-order valence-electron chi connectivity index (χ0n) is 7.17. The zero-order chi connectivity index (χ0) is 11.0. The predicted octanol–water partition coefficient (Wildman–Crippen LogP) is 2.02. The topological polar surface area (TPSA) is 58.6 Å². The summed E-state index contributed by atoms with van der Waals surface area (Å²) >= 11 is 3.07. The molecule has 0 unspecified atom stereocenters. The van der Waals surface area contributed by atoms with Gasteiger partial charge in [-0.25, -0.2) is 18.7 Å². The number of fused-ring (bicyclic) bond motifs is 1. The molecule has 15 heavy (non-hydrogen) atoms. The highest BCUT2D eigenvalue weighted by Crippen LogP contribution is 2.16. The van der Waals surface area contributed by atoms with E-state index in [1.807, 2.05) is 4.98 Å². The van der Waals surface area contributed by atoms with Crippen molar-refractivity contribution in [1.29, 1.82) is 0 Å². The van der Waals surface area contributed by atoms with E-state index in [-0.39, 0.29) is 11.0 Å². The van der Waals surface area contributed by atoms with Gasteiger partial charge in [0.15, 0.2) is 11.3 Å². The summed E-state index contributed by atoms with van der Waals surface area (Å²) in [7, 11) is 0. The molecule has 2 aromatic heterocycles. The minimum absolute atomic E-state index is 0.0359. The van der Waals surface area contributed by atoms with E-state index in [0.29, 0.717) is 4.60 Å². The van der Waals surface area contributed by atoms with E-state index >= 15 is 0 Å². The van der Waals surface area contributed by atoms with Gasteiger partial charge in [-0.2, -0.15) is 0 Å². The third-order valence-electron chi connectivity index (χ3n) is 1.74. The Hall–Kier alpha value is -1.37. The lowest BCUT2D eigenvalue weighted by Gasteiger charge is -2.00. The van der Waals surface area contributed by atoms with Crippen LogP contribution in [0.4, 0.5) is 8.78 Å². The maximum absolute atomic E-state index is 12.3. The van der Waals surface area contributed by atoms with Crippen LogP contribution < -0.4 is 5.56 Å². The predicted molar refractivity (Wildman–Crippen MR) is 52.8 cm³/mol. The van der Waals surface area contributed by atoms with Crippen molar-refractivity contribution in [3.8, 4) is 0 Å². The average Bonchev–Trinajstić information content (AvgIpc) is 2.18. The largest absolute Gasteiger partial charge is 0.304 e. The van der Waals surface area contributed by atoms with Crippen molar-refractivity contribution in [2.45, 2.75) is 6.43 Å². The van der Waals surface area contributed by atoms with Gasteiger partial charge in [0.05, 0.1) is 5.52 Å².